The van der Waals surface area contributed by atoms with E-state index in [4.69, 9.17) is 0 Å². The molecular formula is C15H23N3OS. The van der Waals surface area contributed by atoms with Crippen molar-refractivity contribution in [3.05, 3.63) is 29.3 Å². The van der Waals surface area contributed by atoms with E-state index in [0.29, 0.717) is 19.1 Å². The third-order valence-corrected chi connectivity index (χ3v) is 4.16. The van der Waals surface area contributed by atoms with Crippen molar-refractivity contribution in [1.29, 1.82) is 0 Å². The second-order valence-electron chi connectivity index (χ2n) is 5.50. The average molecular weight is 293 g/mol. The number of hydrogen-bond acceptors (Lipinski definition) is 5. The molecule has 110 valence electrons. The zero-order valence-corrected chi connectivity index (χ0v) is 13.2. The molecule has 0 saturated carbocycles. The number of aromatic nitrogens is 1. The van der Waals surface area contributed by atoms with Gasteiger partial charge in [-0.25, -0.2) is 4.98 Å². The van der Waals surface area contributed by atoms with Gasteiger partial charge in [-0.1, -0.05) is 12.1 Å². The van der Waals surface area contributed by atoms with E-state index in [1.807, 2.05) is 37.2 Å². The van der Waals surface area contributed by atoms with Crippen molar-refractivity contribution in [2.45, 2.75) is 25.5 Å². The van der Waals surface area contributed by atoms with Gasteiger partial charge in [0.05, 0.1) is 21.3 Å². The zero-order valence-electron chi connectivity index (χ0n) is 12.3. The summed E-state index contributed by atoms with van der Waals surface area (Å²) in [7, 11) is 3.93. The van der Waals surface area contributed by atoms with Gasteiger partial charge in [-0.05, 0) is 33.2 Å². The van der Waals surface area contributed by atoms with Crippen LogP contribution in [0.3, 0.4) is 0 Å². The summed E-state index contributed by atoms with van der Waals surface area (Å²) < 4.78 is 1.24. The molecule has 2 atom stereocenters. The highest BCUT2D eigenvalue weighted by molar-refractivity contribution is 7.18. The number of likely N-dealkylation sites (N-methyl/N-ethyl adjacent to an activating group) is 1. The SMILES string of the molecule is CC(Cc1nc2ccccc2s1)NCC(O)CN(C)C. The number of nitrogens with one attached hydrogen (secondary N) is 1. The van der Waals surface area contributed by atoms with Gasteiger partial charge >= 0.3 is 0 Å². The van der Waals surface area contributed by atoms with Gasteiger partial charge in [0, 0.05) is 25.6 Å². The fourth-order valence-corrected chi connectivity index (χ4v) is 3.26. The number of benzene rings is 1. The van der Waals surface area contributed by atoms with Gasteiger partial charge < -0.3 is 15.3 Å². The van der Waals surface area contributed by atoms with E-state index in [0.717, 1.165) is 16.9 Å². The van der Waals surface area contributed by atoms with E-state index in [1.165, 1.54) is 4.70 Å². The van der Waals surface area contributed by atoms with Crippen molar-refractivity contribution in [3.63, 3.8) is 0 Å². The smallest absolute Gasteiger partial charge is 0.0954 e. The lowest BCUT2D eigenvalue weighted by molar-refractivity contribution is 0.132. The number of para-hydroxylation sites is 1. The van der Waals surface area contributed by atoms with Crippen LogP contribution in [0, 0.1) is 0 Å². The van der Waals surface area contributed by atoms with Crippen LogP contribution in [-0.4, -0.2) is 54.3 Å². The van der Waals surface area contributed by atoms with Crippen molar-refractivity contribution >= 4 is 21.6 Å². The van der Waals surface area contributed by atoms with Crippen LogP contribution < -0.4 is 5.32 Å². The molecule has 2 N–H and O–H groups in total. The summed E-state index contributed by atoms with van der Waals surface area (Å²) in [5.41, 5.74) is 1.08. The summed E-state index contributed by atoms with van der Waals surface area (Å²) in [6.45, 7) is 3.43. The van der Waals surface area contributed by atoms with E-state index >= 15 is 0 Å². The zero-order chi connectivity index (χ0) is 14.5. The summed E-state index contributed by atoms with van der Waals surface area (Å²) in [6.07, 6.45) is 0.566. The van der Waals surface area contributed by atoms with Crippen molar-refractivity contribution in [2.75, 3.05) is 27.2 Å². The number of aliphatic hydroxyl groups is 1. The lowest BCUT2D eigenvalue weighted by atomic mass is 10.2. The summed E-state index contributed by atoms with van der Waals surface area (Å²) in [4.78, 5) is 6.63. The van der Waals surface area contributed by atoms with Gasteiger partial charge in [-0.2, -0.15) is 0 Å². The molecule has 0 aliphatic rings. The second-order valence-corrected chi connectivity index (χ2v) is 6.62. The first kappa shape index (κ1) is 15.4. The van der Waals surface area contributed by atoms with Crippen LogP contribution in [0.15, 0.2) is 24.3 Å². The maximum Gasteiger partial charge on any atom is 0.0954 e. The first-order chi connectivity index (χ1) is 9.54. The van der Waals surface area contributed by atoms with Crippen molar-refractivity contribution in [2.24, 2.45) is 0 Å². The largest absolute Gasteiger partial charge is 0.390 e. The van der Waals surface area contributed by atoms with Crippen LogP contribution in [0.5, 0.6) is 0 Å². The summed E-state index contributed by atoms with van der Waals surface area (Å²) in [6, 6.07) is 8.53. The van der Waals surface area contributed by atoms with E-state index in [9.17, 15) is 5.11 Å². The van der Waals surface area contributed by atoms with E-state index in [-0.39, 0.29) is 6.10 Å². The number of rotatable bonds is 7. The van der Waals surface area contributed by atoms with Crippen LogP contribution in [0.2, 0.25) is 0 Å². The molecule has 1 aromatic heterocycles. The Balaban J connectivity index is 1.83. The van der Waals surface area contributed by atoms with Crippen LogP contribution >= 0.6 is 11.3 Å². The molecule has 0 aliphatic carbocycles. The minimum Gasteiger partial charge on any atom is -0.390 e. The van der Waals surface area contributed by atoms with Crippen LogP contribution in [-0.2, 0) is 6.42 Å². The maximum atomic E-state index is 9.83. The van der Waals surface area contributed by atoms with Gasteiger partial charge in [-0.3, -0.25) is 0 Å². The lowest BCUT2D eigenvalue weighted by Gasteiger charge is -2.19. The Kier molecular flexibility index (Phi) is 5.48. The Hall–Kier alpha value is -1.01. The number of hydrogen-bond donors (Lipinski definition) is 2. The predicted molar refractivity (Wildman–Crippen MR) is 85.3 cm³/mol. The van der Waals surface area contributed by atoms with Crippen molar-refractivity contribution in [3.8, 4) is 0 Å². The molecule has 5 heteroatoms. The summed E-state index contributed by atoms with van der Waals surface area (Å²) in [5.74, 6) is 0. The number of thiazole rings is 1. The minimum absolute atomic E-state index is 0.312. The molecule has 2 aromatic rings. The van der Waals surface area contributed by atoms with Gasteiger partial charge in [0.25, 0.3) is 0 Å². The first-order valence-corrected chi connectivity index (χ1v) is 7.77. The second kappa shape index (κ2) is 7.13. The maximum absolute atomic E-state index is 9.83. The van der Waals surface area contributed by atoms with Gasteiger partial charge in [-0.15, -0.1) is 11.3 Å². The summed E-state index contributed by atoms with van der Waals surface area (Å²) in [5, 5.41) is 14.3. The minimum atomic E-state index is -0.331. The summed E-state index contributed by atoms with van der Waals surface area (Å²) >= 11 is 1.75. The molecule has 0 saturated heterocycles. The van der Waals surface area contributed by atoms with Gasteiger partial charge in [0.1, 0.15) is 0 Å². The number of aliphatic hydroxyl groups excluding tert-OH is 1. The molecule has 0 radical (unpaired) electrons. The molecular weight excluding hydrogens is 270 g/mol. The fraction of sp³-hybridized carbons (Fsp3) is 0.533. The van der Waals surface area contributed by atoms with E-state index < -0.39 is 0 Å². The Labute approximate surface area is 124 Å². The Morgan fingerprint density at radius 1 is 1.35 bits per heavy atom. The van der Waals surface area contributed by atoms with Gasteiger partial charge in [0.2, 0.25) is 0 Å². The molecule has 2 rings (SSSR count). The number of fused-ring (bicyclic) bond motifs is 1. The highest BCUT2D eigenvalue weighted by atomic mass is 32.1. The molecule has 1 heterocycles. The third-order valence-electron chi connectivity index (χ3n) is 3.10. The Morgan fingerprint density at radius 2 is 2.10 bits per heavy atom. The Bertz CT molecular complexity index is 508. The molecule has 2 unspecified atom stereocenters. The average Bonchev–Trinajstić information content (AvgIpc) is 2.77. The third kappa shape index (κ3) is 4.52. The van der Waals surface area contributed by atoms with E-state index in [2.05, 4.69) is 23.3 Å². The van der Waals surface area contributed by atoms with Crippen molar-refractivity contribution < 1.29 is 5.11 Å². The molecule has 4 nitrogen and oxygen atoms in total. The fourth-order valence-electron chi connectivity index (χ4n) is 2.16. The van der Waals surface area contributed by atoms with Crippen LogP contribution in [0.1, 0.15) is 11.9 Å². The molecule has 0 bridgehead atoms. The Morgan fingerprint density at radius 3 is 2.80 bits per heavy atom. The molecule has 0 spiro atoms. The van der Waals surface area contributed by atoms with Crippen molar-refractivity contribution in [1.82, 2.24) is 15.2 Å². The standard InChI is InChI=1S/C15H23N3OS/c1-11(16-9-12(19)10-18(2)3)8-15-17-13-6-4-5-7-14(13)20-15/h4-7,11-12,16,19H,8-10H2,1-3H3. The highest BCUT2D eigenvalue weighted by Gasteiger charge is 2.11. The molecule has 1 aromatic carbocycles. The molecule has 0 amide bonds. The monoisotopic (exact) mass is 293 g/mol. The quantitative estimate of drug-likeness (QED) is 0.816. The number of nitrogens with zero attached hydrogens (tertiary/aromatic N) is 2. The van der Waals surface area contributed by atoms with Gasteiger partial charge in [0.15, 0.2) is 0 Å². The van der Waals surface area contributed by atoms with E-state index in [1.54, 1.807) is 11.3 Å². The first-order valence-electron chi connectivity index (χ1n) is 6.95. The lowest BCUT2D eigenvalue weighted by Crippen LogP contribution is -2.39. The normalized spacial score (nSPS) is 14.8. The molecule has 0 fully saturated rings. The highest BCUT2D eigenvalue weighted by Crippen LogP contribution is 2.22. The molecule has 0 aliphatic heterocycles. The topological polar surface area (TPSA) is 48.4 Å². The van der Waals surface area contributed by atoms with Crippen LogP contribution in [0.25, 0.3) is 10.2 Å². The molecule has 20 heavy (non-hydrogen) atoms. The predicted octanol–water partition coefficient (Wildman–Crippen LogP) is 1.74. The van der Waals surface area contributed by atoms with Crippen LogP contribution in [0.4, 0.5) is 0 Å².